The van der Waals surface area contributed by atoms with E-state index in [4.69, 9.17) is 23.2 Å². The zero-order chi connectivity index (χ0) is 15.6. The van der Waals surface area contributed by atoms with Gasteiger partial charge in [0.15, 0.2) is 0 Å². The van der Waals surface area contributed by atoms with Crippen LogP contribution in [0.5, 0.6) is 0 Å². The van der Waals surface area contributed by atoms with Crippen molar-refractivity contribution in [3.8, 4) is 0 Å². The summed E-state index contributed by atoms with van der Waals surface area (Å²) in [7, 11) is 0. The molecule has 1 aromatic carbocycles. The Morgan fingerprint density at radius 3 is 2.57 bits per heavy atom. The molecular formula is C14H12Cl2N2O3. The van der Waals surface area contributed by atoms with Crippen LogP contribution in [0.15, 0.2) is 24.3 Å². The SMILES string of the molecule is CC1C(=O)NC(=O)CN1C(=O)C=Cc1c(Cl)cccc1Cl. The van der Waals surface area contributed by atoms with E-state index >= 15 is 0 Å². The molecule has 1 aliphatic rings. The van der Waals surface area contributed by atoms with Crippen LogP contribution in [0.1, 0.15) is 12.5 Å². The number of hydrogen-bond acceptors (Lipinski definition) is 3. The van der Waals surface area contributed by atoms with Crippen molar-refractivity contribution in [1.82, 2.24) is 10.2 Å². The van der Waals surface area contributed by atoms with E-state index in [9.17, 15) is 14.4 Å². The van der Waals surface area contributed by atoms with Crippen molar-refractivity contribution in [3.63, 3.8) is 0 Å². The molecule has 0 radical (unpaired) electrons. The zero-order valence-electron chi connectivity index (χ0n) is 11.1. The quantitative estimate of drug-likeness (QED) is 0.666. The number of halogens is 2. The number of nitrogens with zero attached hydrogens (tertiary/aromatic N) is 1. The maximum atomic E-state index is 12.1. The maximum Gasteiger partial charge on any atom is 0.249 e. The van der Waals surface area contributed by atoms with E-state index in [0.29, 0.717) is 15.6 Å². The normalized spacial score (nSPS) is 19.0. The molecule has 1 unspecified atom stereocenters. The summed E-state index contributed by atoms with van der Waals surface area (Å²) in [6, 6.07) is 4.29. The molecule has 21 heavy (non-hydrogen) atoms. The van der Waals surface area contributed by atoms with E-state index in [0.717, 1.165) is 0 Å². The van der Waals surface area contributed by atoms with E-state index < -0.39 is 23.8 Å². The second-order valence-electron chi connectivity index (χ2n) is 4.52. The van der Waals surface area contributed by atoms with Gasteiger partial charge in [-0.2, -0.15) is 0 Å². The van der Waals surface area contributed by atoms with E-state index in [1.807, 2.05) is 0 Å². The fraction of sp³-hybridized carbons (Fsp3) is 0.214. The van der Waals surface area contributed by atoms with Gasteiger partial charge in [-0.3, -0.25) is 19.7 Å². The molecule has 1 saturated heterocycles. The van der Waals surface area contributed by atoms with E-state index in [-0.39, 0.29) is 6.54 Å². The van der Waals surface area contributed by atoms with Crippen LogP contribution in [-0.4, -0.2) is 35.2 Å². The molecule has 7 heteroatoms. The number of hydrogen-bond donors (Lipinski definition) is 1. The van der Waals surface area contributed by atoms with Crippen molar-refractivity contribution >= 4 is 47.0 Å². The Bertz CT molecular complexity index is 623. The lowest BCUT2D eigenvalue weighted by molar-refractivity contribution is -0.147. The first-order valence-electron chi connectivity index (χ1n) is 6.16. The molecule has 1 atom stereocenters. The number of nitrogens with one attached hydrogen (secondary N) is 1. The Balaban J connectivity index is 2.19. The van der Waals surface area contributed by atoms with Crippen LogP contribution in [0.3, 0.4) is 0 Å². The summed E-state index contributed by atoms with van der Waals surface area (Å²) in [6.07, 6.45) is 2.71. The molecule has 2 rings (SSSR count). The molecule has 0 aliphatic carbocycles. The lowest BCUT2D eigenvalue weighted by Crippen LogP contribution is -2.58. The zero-order valence-corrected chi connectivity index (χ0v) is 12.6. The van der Waals surface area contributed by atoms with E-state index in [2.05, 4.69) is 5.32 Å². The molecule has 0 saturated carbocycles. The fourth-order valence-electron chi connectivity index (χ4n) is 1.90. The van der Waals surface area contributed by atoms with E-state index in [1.165, 1.54) is 17.1 Å². The molecule has 1 heterocycles. The third kappa shape index (κ3) is 3.43. The number of imide groups is 1. The highest BCUT2D eigenvalue weighted by atomic mass is 35.5. The van der Waals surface area contributed by atoms with Crippen LogP contribution < -0.4 is 5.32 Å². The maximum absolute atomic E-state index is 12.1. The number of rotatable bonds is 2. The van der Waals surface area contributed by atoms with Crippen molar-refractivity contribution in [3.05, 3.63) is 39.9 Å². The van der Waals surface area contributed by atoms with Crippen molar-refractivity contribution in [2.75, 3.05) is 6.54 Å². The molecule has 1 aromatic rings. The molecule has 0 spiro atoms. The number of benzene rings is 1. The highest BCUT2D eigenvalue weighted by Crippen LogP contribution is 2.25. The Labute approximate surface area is 131 Å². The monoisotopic (exact) mass is 326 g/mol. The average Bonchev–Trinajstić information content (AvgIpc) is 2.42. The first-order chi connectivity index (χ1) is 9.90. The van der Waals surface area contributed by atoms with Crippen LogP contribution in [0, 0.1) is 0 Å². The number of amides is 3. The second-order valence-corrected chi connectivity index (χ2v) is 5.34. The smallest absolute Gasteiger partial charge is 0.249 e. The molecule has 0 bridgehead atoms. The molecule has 3 amide bonds. The summed E-state index contributed by atoms with van der Waals surface area (Å²) in [5.74, 6) is -1.46. The fourth-order valence-corrected chi connectivity index (χ4v) is 2.43. The molecule has 110 valence electrons. The van der Waals surface area contributed by atoms with Gasteiger partial charge >= 0.3 is 0 Å². The van der Waals surface area contributed by atoms with Gasteiger partial charge in [0.25, 0.3) is 0 Å². The number of carbonyl (C=O) groups excluding carboxylic acids is 3. The lowest BCUT2D eigenvalue weighted by atomic mass is 10.1. The summed E-state index contributed by atoms with van der Waals surface area (Å²) in [6.45, 7) is 1.39. The first-order valence-corrected chi connectivity index (χ1v) is 6.92. The van der Waals surface area contributed by atoms with Crippen molar-refractivity contribution in [1.29, 1.82) is 0 Å². The topological polar surface area (TPSA) is 66.5 Å². The molecule has 1 N–H and O–H groups in total. The Morgan fingerprint density at radius 1 is 1.33 bits per heavy atom. The van der Waals surface area contributed by atoms with E-state index in [1.54, 1.807) is 25.1 Å². The van der Waals surface area contributed by atoms with Gasteiger partial charge in [0.1, 0.15) is 12.6 Å². The summed E-state index contributed by atoms with van der Waals surface area (Å²) in [5, 5.41) is 2.99. The highest BCUT2D eigenvalue weighted by Gasteiger charge is 2.32. The van der Waals surface area contributed by atoms with Crippen molar-refractivity contribution in [2.24, 2.45) is 0 Å². The van der Waals surface area contributed by atoms with Gasteiger partial charge in [-0.05, 0) is 25.1 Å². The summed E-state index contributed by atoms with van der Waals surface area (Å²) in [5.41, 5.74) is 0.509. The van der Waals surface area contributed by atoms with Crippen LogP contribution >= 0.6 is 23.2 Å². The van der Waals surface area contributed by atoms with Gasteiger partial charge in [-0.15, -0.1) is 0 Å². The first kappa shape index (κ1) is 15.5. The Kier molecular flexibility index (Phi) is 4.65. The second kappa shape index (κ2) is 6.28. The third-order valence-electron chi connectivity index (χ3n) is 3.10. The molecule has 1 fully saturated rings. The predicted molar refractivity (Wildman–Crippen MR) is 79.8 cm³/mol. The van der Waals surface area contributed by atoms with Gasteiger partial charge in [0, 0.05) is 21.7 Å². The van der Waals surface area contributed by atoms with Crippen LogP contribution in [-0.2, 0) is 14.4 Å². The largest absolute Gasteiger partial charge is 0.318 e. The van der Waals surface area contributed by atoms with Crippen molar-refractivity contribution < 1.29 is 14.4 Å². The highest BCUT2D eigenvalue weighted by molar-refractivity contribution is 6.37. The van der Waals surface area contributed by atoms with Gasteiger partial charge in [0.05, 0.1) is 0 Å². The van der Waals surface area contributed by atoms with Gasteiger partial charge in [0.2, 0.25) is 17.7 Å². The summed E-state index contributed by atoms with van der Waals surface area (Å²) in [4.78, 5) is 36.1. The van der Waals surface area contributed by atoms with Gasteiger partial charge in [-0.25, -0.2) is 0 Å². The number of carbonyl (C=O) groups is 3. The Hall–Kier alpha value is -1.85. The van der Waals surface area contributed by atoms with Crippen LogP contribution in [0.4, 0.5) is 0 Å². The summed E-state index contributed by atoms with van der Waals surface area (Å²) < 4.78 is 0. The summed E-state index contributed by atoms with van der Waals surface area (Å²) >= 11 is 12.0. The average molecular weight is 327 g/mol. The van der Waals surface area contributed by atoms with Gasteiger partial charge in [-0.1, -0.05) is 29.3 Å². The third-order valence-corrected chi connectivity index (χ3v) is 3.76. The lowest BCUT2D eigenvalue weighted by Gasteiger charge is -2.30. The standard InChI is InChI=1S/C14H12Cl2N2O3/c1-8-14(21)17-12(19)7-18(8)13(20)6-5-9-10(15)3-2-4-11(9)16/h2-6,8H,7H2,1H3,(H,17,19,21). The minimum absolute atomic E-state index is 0.160. The van der Waals surface area contributed by atoms with Crippen LogP contribution in [0.2, 0.25) is 10.0 Å². The minimum Gasteiger partial charge on any atom is -0.318 e. The van der Waals surface area contributed by atoms with Crippen LogP contribution in [0.25, 0.3) is 6.08 Å². The Morgan fingerprint density at radius 2 is 1.95 bits per heavy atom. The predicted octanol–water partition coefficient (Wildman–Crippen LogP) is 1.88. The van der Waals surface area contributed by atoms with Crippen molar-refractivity contribution in [2.45, 2.75) is 13.0 Å². The van der Waals surface area contributed by atoms with Gasteiger partial charge < -0.3 is 4.90 Å². The molecule has 5 nitrogen and oxygen atoms in total. The molecular weight excluding hydrogens is 315 g/mol. The number of piperazine rings is 1. The molecule has 1 aliphatic heterocycles. The molecule has 0 aromatic heterocycles. The minimum atomic E-state index is -0.707.